The Balaban J connectivity index is 1.19. The van der Waals surface area contributed by atoms with Crippen LogP contribution < -0.4 is 0 Å². The van der Waals surface area contributed by atoms with E-state index in [-0.39, 0.29) is 0 Å². The molecule has 0 aliphatic carbocycles. The average molecular weight is 791 g/mol. The van der Waals surface area contributed by atoms with E-state index in [0.717, 1.165) is 66.6 Å². The Morgan fingerprint density at radius 3 is 1.29 bits per heavy atom. The summed E-state index contributed by atoms with van der Waals surface area (Å²) in [6.45, 7) is 0. The molecule has 4 nitrogen and oxygen atoms in total. The fourth-order valence-corrected chi connectivity index (χ4v) is 9.95. The van der Waals surface area contributed by atoms with E-state index in [1.54, 1.807) is 0 Å². The molecule has 0 spiro atoms. The Bertz CT molecular complexity index is 3970. The third-order valence-corrected chi connectivity index (χ3v) is 12.7. The van der Waals surface area contributed by atoms with Crippen LogP contribution in [0.25, 0.3) is 110 Å². The zero-order chi connectivity index (χ0) is 40.7. The monoisotopic (exact) mass is 790 g/mol. The minimum absolute atomic E-state index is 1.09. The van der Waals surface area contributed by atoms with Crippen molar-refractivity contribution in [1.29, 1.82) is 0 Å². The Labute approximate surface area is 357 Å². The summed E-state index contributed by atoms with van der Waals surface area (Å²) in [6.07, 6.45) is 0. The highest BCUT2D eigenvalue weighted by Gasteiger charge is 2.17. The smallest absolute Gasteiger partial charge is 0.0561 e. The Morgan fingerprint density at radius 1 is 0.194 bits per heavy atom. The molecule has 290 valence electrons. The second kappa shape index (κ2) is 13.6. The van der Waals surface area contributed by atoms with Crippen LogP contribution in [-0.4, -0.2) is 18.3 Å². The number of benzene rings is 10. The number of fused-ring (bicyclic) bond motifs is 11. The molecule has 0 atom stereocenters. The lowest BCUT2D eigenvalue weighted by Crippen LogP contribution is -1.99. The molecule has 0 aliphatic rings. The van der Waals surface area contributed by atoms with Crippen molar-refractivity contribution in [3.63, 3.8) is 0 Å². The molecule has 0 saturated carbocycles. The van der Waals surface area contributed by atoms with Crippen LogP contribution in [0.5, 0.6) is 0 Å². The maximum absolute atomic E-state index is 2.43. The van der Waals surface area contributed by atoms with Crippen molar-refractivity contribution in [1.82, 2.24) is 18.3 Å². The summed E-state index contributed by atoms with van der Waals surface area (Å²) in [6, 6.07) is 84.6. The van der Waals surface area contributed by atoms with Crippen molar-refractivity contribution < 1.29 is 0 Å². The summed E-state index contributed by atoms with van der Waals surface area (Å²) in [5.41, 5.74) is 13.5. The average Bonchev–Trinajstić information content (AvgIpc) is 3.84. The molecular weight excluding hydrogens is 753 g/mol. The summed E-state index contributed by atoms with van der Waals surface area (Å²) >= 11 is 0. The first-order chi connectivity index (χ1) is 30.7. The highest BCUT2D eigenvalue weighted by Crippen LogP contribution is 2.38. The Kier molecular flexibility index (Phi) is 7.57. The van der Waals surface area contributed by atoms with Gasteiger partial charge in [0.05, 0.1) is 22.1 Å². The van der Waals surface area contributed by atoms with Crippen LogP contribution in [0, 0.1) is 0 Å². The van der Waals surface area contributed by atoms with Crippen molar-refractivity contribution in [3.05, 3.63) is 231 Å². The number of nitrogens with zero attached hydrogens (tertiary/aromatic N) is 4. The third kappa shape index (κ3) is 5.33. The first-order valence-corrected chi connectivity index (χ1v) is 21.3. The number of aromatic nitrogens is 4. The number of hydrogen-bond acceptors (Lipinski definition) is 0. The normalized spacial score (nSPS) is 11.9. The summed E-state index contributed by atoms with van der Waals surface area (Å²) in [5, 5.41) is 9.58. The van der Waals surface area contributed by atoms with Gasteiger partial charge < -0.3 is 18.3 Å². The lowest BCUT2D eigenvalue weighted by Gasteiger charge is -2.14. The van der Waals surface area contributed by atoms with E-state index in [1.807, 2.05) is 0 Å². The highest BCUT2D eigenvalue weighted by molar-refractivity contribution is 6.13. The number of hydrogen-bond donors (Lipinski definition) is 0. The maximum atomic E-state index is 2.43. The van der Waals surface area contributed by atoms with E-state index in [4.69, 9.17) is 0 Å². The van der Waals surface area contributed by atoms with Crippen LogP contribution in [0.2, 0.25) is 0 Å². The van der Waals surface area contributed by atoms with E-state index in [0.29, 0.717) is 0 Å². The van der Waals surface area contributed by atoms with Crippen molar-refractivity contribution >= 4 is 87.2 Å². The molecule has 3 aromatic heterocycles. The summed E-state index contributed by atoms with van der Waals surface area (Å²) < 4.78 is 9.65. The van der Waals surface area contributed by atoms with E-state index in [1.165, 1.54) is 43.4 Å². The van der Waals surface area contributed by atoms with Gasteiger partial charge in [-0.25, -0.2) is 0 Å². The first-order valence-electron chi connectivity index (χ1n) is 21.3. The van der Waals surface area contributed by atoms with Gasteiger partial charge >= 0.3 is 0 Å². The van der Waals surface area contributed by atoms with Crippen LogP contribution >= 0.6 is 0 Å². The third-order valence-electron chi connectivity index (χ3n) is 12.7. The molecule has 0 unspecified atom stereocenters. The van der Waals surface area contributed by atoms with Gasteiger partial charge in [0.1, 0.15) is 0 Å². The van der Waals surface area contributed by atoms with Crippen molar-refractivity contribution in [2.45, 2.75) is 0 Å². The fourth-order valence-electron chi connectivity index (χ4n) is 9.95. The Morgan fingerprint density at radius 2 is 0.645 bits per heavy atom. The molecule has 13 aromatic rings. The van der Waals surface area contributed by atoms with Crippen LogP contribution in [0.4, 0.5) is 0 Å². The predicted molar refractivity (Wildman–Crippen MR) is 261 cm³/mol. The van der Waals surface area contributed by atoms with Crippen LogP contribution in [-0.2, 0) is 0 Å². The fraction of sp³-hybridized carbons (Fsp3) is 0. The SMILES string of the molecule is c1ccc(-n2c3ccc4cc3c3cc(ccc32)n(-c2ccc3c5ccccc5n(-c5ccccc5)c3c2)c2cccc(c2)c2cccc(c2)n4-c2ccc3ccccc3c2)cc1. The Hall–Kier alpha value is -8.34. The van der Waals surface area contributed by atoms with Gasteiger partial charge in [-0.3, -0.25) is 0 Å². The van der Waals surface area contributed by atoms with Gasteiger partial charge in [-0.05, 0) is 137 Å². The standard InChI is InChI=1S/C58H38N4/c1-3-17-43(18-4-1)61-56-31-28-48-36-53(56)54-37-49(29-32-57(54)61)60(50-27-30-52-51-23-9-10-24-55(51)62(58(52)38-50)44-19-5-2-6-20-44)46-22-12-16-42(35-46)41-15-11-21-45(34-41)59(48)47-26-25-39-13-7-8-14-40(39)33-47/h1-38H. The summed E-state index contributed by atoms with van der Waals surface area (Å²) in [4.78, 5) is 0. The van der Waals surface area contributed by atoms with Crippen molar-refractivity contribution in [2.75, 3.05) is 0 Å². The van der Waals surface area contributed by atoms with Crippen LogP contribution in [0.3, 0.4) is 0 Å². The molecule has 0 N–H and O–H groups in total. The molecule has 0 radical (unpaired) electrons. The minimum atomic E-state index is 1.09. The van der Waals surface area contributed by atoms with Gasteiger partial charge in [0.15, 0.2) is 0 Å². The maximum Gasteiger partial charge on any atom is 0.0561 e. The van der Waals surface area contributed by atoms with Gasteiger partial charge in [-0.15, -0.1) is 0 Å². The first kappa shape index (κ1) is 34.5. The van der Waals surface area contributed by atoms with E-state index < -0.39 is 0 Å². The molecule has 8 bridgehead atoms. The molecule has 62 heavy (non-hydrogen) atoms. The molecule has 3 heterocycles. The predicted octanol–water partition coefficient (Wildman–Crippen LogP) is 15.2. The second-order valence-corrected chi connectivity index (χ2v) is 16.3. The molecule has 10 aromatic carbocycles. The quantitative estimate of drug-likeness (QED) is 0.169. The zero-order valence-corrected chi connectivity index (χ0v) is 33.7. The van der Waals surface area contributed by atoms with Crippen molar-refractivity contribution in [3.8, 4) is 22.7 Å². The second-order valence-electron chi connectivity index (χ2n) is 16.3. The van der Waals surface area contributed by atoms with E-state index >= 15 is 0 Å². The molecule has 0 aliphatic heterocycles. The van der Waals surface area contributed by atoms with Crippen LogP contribution in [0.15, 0.2) is 231 Å². The summed E-state index contributed by atoms with van der Waals surface area (Å²) in [5.74, 6) is 0. The molecule has 0 saturated heterocycles. The number of para-hydroxylation sites is 3. The van der Waals surface area contributed by atoms with Gasteiger partial charge in [0.25, 0.3) is 0 Å². The van der Waals surface area contributed by atoms with Crippen molar-refractivity contribution in [2.24, 2.45) is 0 Å². The molecule has 0 amide bonds. The van der Waals surface area contributed by atoms with E-state index in [9.17, 15) is 0 Å². The minimum Gasteiger partial charge on any atom is -0.310 e. The van der Waals surface area contributed by atoms with Crippen LogP contribution in [0.1, 0.15) is 0 Å². The lowest BCUT2D eigenvalue weighted by molar-refractivity contribution is 1.14. The lowest BCUT2D eigenvalue weighted by atomic mass is 10.1. The number of rotatable bonds is 4. The molecule has 0 fully saturated rings. The topological polar surface area (TPSA) is 19.7 Å². The van der Waals surface area contributed by atoms with Gasteiger partial charge in [0.2, 0.25) is 0 Å². The molecular formula is C58H38N4. The largest absolute Gasteiger partial charge is 0.310 e. The van der Waals surface area contributed by atoms with Gasteiger partial charge in [-0.2, -0.15) is 0 Å². The van der Waals surface area contributed by atoms with Gasteiger partial charge in [0, 0.05) is 66.4 Å². The highest BCUT2D eigenvalue weighted by atomic mass is 15.0. The summed E-state index contributed by atoms with van der Waals surface area (Å²) in [7, 11) is 0. The zero-order valence-electron chi connectivity index (χ0n) is 33.7. The van der Waals surface area contributed by atoms with Gasteiger partial charge in [-0.1, -0.05) is 115 Å². The van der Waals surface area contributed by atoms with E-state index in [2.05, 4.69) is 249 Å². The molecule has 4 heteroatoms. The molecule has 13 rings (SSSR count).